The summed E-state index contributed by atoms with van der Waals surface area (Å²) in [4.78, 5) is 0. The highest BCUT2D eigenvalue weighted by atomic mass is 16.5. The van der Waals surface area contributed by atoms with Crippen molar-refractivity contribution in [2.45, 2.75) is 13.5 Å². The first-order chi connectivity index (χ1) is 11.9. The second-order valence-electron chi connectivity index (χ2n) is 5.52. The second-order valence-corrected chi connectivity index (χ2v) is 5.52. The molecule has 4 nitrogen and oxygen atoms in total. The normalized spacial score (nSPS) is 10.9. The summed E-state index contributed by atoms with van der Waals surface area (Å²) in [7, 11) is 0. The first-order valence-corrected chi connectivity index (χ1v) is 8.36. The van der Waals surface area contributed by atoms with Crippen molar-refractivity contribution in [1.82, 2.24) is 15.1 Å². The fraction of sp³-hybridized carbons (Fsp3) is 0.250. The summed E-state index contributed by atoms with van der Waals surface area (Å²) in [5.74, 6) is 0. The van der Waals surface area contributed by atoms with Gasteiger partial charge in [0.25, 0.3) is 0 Å². The van der Waals surface area contributed by atoms with Gasteiger partial charge in [-0.1, -0.05) is 48.5 Å². The van der Waals surface area contributed by atoms with Crippen LogP contribution in [0.25, 0.3) is 16.9 Å². The summed E-state index contributed by atoms with van der Waals surface area (Å²) in [6.07, 6.45) is 2.10. The van der Waals surface area contributed by atoms with Crippen molar-refractivity contribution in [2.24, 2.45) is 0 Å². The molecule has 1 N–H and O–H groups in total. The Labute approximate surface area is 143 Å². The molecule has 1 heterocycles. The smallest absolute Gasteiger partial charge is 0.0972 e. The largest absolute Gasteiger partial charge is 0.380 e. The van der Waals surface area contributed by atoms with Crippen molar-refractivity contribution in [3.8, 4) is 16.9 Å². The molecule has 0 unspecified atom stereocenters. The highest BCUT2D eigenvalue weighted by molar-refractivity contribution is 5.63. The molecule has 4 heteroatoms. The van der Waals surface area contributed by atoms with Crippen LogP contribution in [0.3, 0.4) is 0 Å². The number of hydrogen-bond acceptors (Lipinski definition) is 3. The van der Waals surface area contributed by atoms with Crippen LogP contribution in [0.2, 0.25) is 0 Å². The van der Waals surface area contributed by atoms with Gasteiger partial charge in [-0.25, -0.2) is 4.68 Å². The Hall–Kier alpha value is -2.43. The Morgan fingerprint density at radius 2 is 1.71 bits per heavy atom. The minimum atomic E-state index is 0.726. The summed E-state index contributed by atoms with van der Waals surface area (Å²) in [5, 5.41) is 8.24. The lowest BCUT2D eigenvalue weighted by atomic mass is 10.1. The Morgan fingerprint density at radius 1 is 1.00 bits per heavy atom. The van der Waals surface area contributed by atoms with Gasteiger partial charge in [-0.3, -0.25) is 0 Å². The van der Waals surface area contributed by atoms with E-state index in [0.29, 0.717) is 0 Å². The van der Waals surface area contributed by atoms with Gasteiger partial charge in [0.15, 0.2) is 0 Å². The van der Waals surface area contributed by atoms with Crippen molar-refractivity contribution in [1.29, 1.82) is 0 Å². The average Bonchev–Trinajstić information content (AvgIpc) is 3.07. The van der Waals surface area contributed by atoms with E-state index >= 15 is 0 Å². The average molecular weight is 321 g/mol. The molecule has 0 atom stereocenters. The second kappa shape index (κ2) is 8.43. The van der Waals surface area contributed by atoms with E-state index in [1.165, 1.54) is 5.56 Å². The van der Waals surface area contributed by atoms with E-state index in [0.717, 1.165) is 43.2 Å². The summed E-state index contributed by atoms with van der Waals surface area (Å²) < 4.78 is 7.32. The molecular formula is C20H23N3O. The van der Waals surface area contributed by atoms with E-state index in [2.05, 4.69) is 35.8 Å². The molecule has 0 aliphatic heterocycles. The van der Waals surface area contributed by atoms with Gasteiger partial charge in [0.1, 0.15) is 0 Å². The van der Waals surface area contributed by atoms with Crippen LogP contribution in [0.4, 0.5) is 0 Å². The molecule has 3 rings (SSSR count). The van der Waals surface area contributed by atoms with Crippen molar-refractivity contribution >= 4 is 0 Å². The first-order valence-electron chi connectivity index (χ1n) is 8.36. The molecule has 0 saturated heterocycles. The molecule has 2 aromatic carbocycles. The van der Waals surface area contributed by atoms with E-state index in [-0.39, 0.29) is 0 Å². The van der Waals surface area contributed by atoms with Gasteiger partial charge < -0.3 is 10.1 Å². The topological polar surface area (TPSA) is 39.1 Å². The number of nitrogens with one attached hydrogen (secondary N) is 1. The van der Waals surface area contributed by atoms with Gasteiger partial charge >= 0.3 is 0 Å². The standard InChI is InChI=1S/C20H23N3O/c1-2-24-14-13-21-15-18-16-23(19-11-7-4-8-12-19)22-20(18)17-9-5-3-6-10-17/h3-12,16,21H,2,13-15H2,1H3. The lowest BCUT2D eigenvalue weighted by Crippen LogP contribution is -2.19. The number of rotatable bonds is 8. The molecule has 124 valence electrons. The number of ether oxygens (including phenoxy) is 1. The molecule has 0 radical (unpaired) electrons. The number of para-hydroxylation sites is 1. The van der Waals surface area contributed by atoms with Gasteiger partial charge in [-0.05, 0) is 19.1 Å². The molecule has 0 fully saturated rings. The molecular weight excluding hydrogens is 298 g/mol. The maximum absolute atomic E-state index is 5.38. The van der Waals surface area contributed by atoms with Crippen LogP contribution >= 0.6 is 0 Å². The summed E-state index contributed by atoms with van der Waals surface area (Å²) in [5.41, 5.74) is 4.40. The third-order valence-corrected chi connectivity index (χ3v) is 3.80. The van der Waals surface area contributed by atoms with Gasteiger partial charge in [0.2, 0.25) is 0 Å². The zero-order valence-corrected chi connectivity index (χ0v) is 14.0. The van der Waals surface area contributed by atoms with E-state index < -0.39 is 0 Å². The van der Waals surface area contributed by atoms with Crippen LogP contribution in [-0.4, -0.2) is 29.5 Å². The van der Waals surface area contributed by atoms with Crippen LogP contribution in [0.15, 0.2) is 66.9 Å². The molecule has 0 spiro atoms. The molecule has 3 aromatic rings. The minimum absolute atomic E-state index is 0.726. The van der Waals surface area contributed by atoms with Crippen LogP contribution in [0.5, 0.6) is 0 Å². The van der Waals surface area contributed by atoms with Crippen LogP contribution in [-0.2, 0) is 11.3 Å². The van der Waals surface area contributed by atoms with Crippen molar-refractivity contribution in [3.05, 3.63) is 72.4 Å². The minimum Gasteiger partial charge on any atom is -0.380 e. The third-order valence-electron chi connectivity index (χ3n) is 3.80. The van der Waals surface area contributed by atoms with E-state index in [1.54, 1.807) is 0 Å². The Balaban J connectivity index is 1.83. The zero-order chi connectivity index (χ0) is 16.6. The maximum Gasteiger partial charge on any atom is 0.0972 e. The SMILES string of the molecule is CCOCCNCc1cn(-c2ccccc2)nc1-c1ccccc1. The molecule has 0 aliphatic rings. The predicted molar refractivity (Wildman–Crippen MR) is 97.2 cm³/mol. The maximum atomic E-state index is 5.38. The van der Waals surface area contributed by atoms with Crippen LogP contribution in [0, 0.1) is 0 Å². The summed E-state index contributed by atoms with van der Waals surface area (Å²) in [6.45, 7) is 5.09. The zero-order valence-electron chi connectivity index (χ0n) is 14.0. The quantitative estimate of drug-likeness (QED) is 0.644. The van der Waals surface area contributed by atoms with E-state index in [4.69, 9.17) is 9.84 Å². The molecule has 1 aromatic heterocycles. The van der Waals surface area contributed by atoms with E-state index in [9.17, 15) is 0 Å². The van der Waals surface area contributed by atoms with Crippen molar-refractivity contribution in [2.75, 3.05) is 19.8 Å². The lowest BCUT2D eigenvalue weighted by molar-refractivity contribution is 0.149. The molecule has 0 amide bonds. The molecule has 0 bridgehead atoms. The Bertz CT molecular complexity index is 738. The predicted octanol–water partition coefficient (Wildman–Crippen LogP) is 3.67. The van der Waals surface area contributed by atoms with Crippen molar-refractivity contribution in [3.63, 3.8) is 0 Å². The van der Waals surface area contributed by atoms with Crippen LogP contribution < -0.4 is 5.32 Å². The van der Waals surface area contributed by atoms with Gasteiger partial charge in [0, 0.05) is 37.0 Å². The lowest BCUT2D eigenvalue weighted by Gasteiger charge is -2.05. The van der Waals surface area contributed by atoms with E-state index in [1.807, 2.05) is 48.0 Å². The monoisotopic (exact) mass is 321 g/mol. The fourth-order valence-corrected chi connectivity index (χ4v) is 2.60. The number of benzene rings is 2. The van der Waals surface area contributed by atoms with Gasteiger partial charge in [0.05, 0.1) is 18.0 Å². The summed E-state index contributed by atoms with van der Waals surface area (Å²) in [6, 6.07) is 20.5. The number of hydrogen-bond donors (Lipinski definition) is 1. The number of nitrogens with zero attached hydrogens (tertiary/aromatic N) is 2. The van der Waals surface area contributed by atoms with Crippen LogP contribution in [0.1, 0.15) is 12.5 Å². The van der Waals surface area contributed by atoms with Gasteiger partial charge in [-0.15, -0.1) is 0 Å². The first kappa shape index (κ1) is 16.4. The summed E-state index contributed by atoms with van der Waals surface area (Å²) >= 11 is 0. The molecule has 0 aliphatic carbocycles. The number of aromatic nitrogens is 2. The Morgan fingerprint density at radius 3 is 2.42 bits per heavy atom. The third kappa shape index (κ3) is 4.10. The highest BCUT2D eigenvalue weighted by Gasteiger charge is 2.11. The Kier molecular flexibility index (Phi) is 5.77. The molecule has 24 heavy (non-hydrogen) atoms. The van der Waals surface area contributed by atoms with Gasteiger partial charge in [-0.2, -0.15) is 5.10 Å². The fourth-order valence-electron chi connectivity index (χ4n) is 2.60. The highest BCUT2D eigenvalue weighted by Crippen LogP contribution is 2.23. The molecule has 0 saturated carbocycles. The van der Waals surface area contributed by atoms with Crippen molar-refractivity contribution < 1.29 is 4.74 Å².